The lowest BCUT2D eigenvalue weighted by atomic mass is 9.92. The second-order valence-corrected chi connectivity index (χ2v) is 3.70. The molecular weight excluding hydrogens is 180 g/mol. The van der Waals surface area contributed by atoms with Crippen LogP contribution in [-0.4, -0.2) is 35.1 Å². The fraction of sp³-hybridized carbons (Fsp3) is 0.800. The van der Waals surface area contributed by atoms with Gasteiger partial charge in [-0.2, -0.15) is 5.26 Å². The molecule has 1 aliphatic rings. The van der Waals surface area contributed by atoms with E-state index in [4.69, 9.17) is 5.26 Å². The Morgan fingerprint density at radius 2 is 2.43 bits per heavy atom. The van der Waals surface area contributed by atoms with Crippen molar-refractivity contribution in [2.75, 3.05) is 13.1 Å². The van der Waals surface area contributed by atoms with Gasteiger partial charge in [0.15, 0.2) is 0 Å². The molecule has 1 N–H and O–H groups in total. The molecule has 2 unspecified atom stereocenters. The predicted molar refractivity (Wildman–Crippen MR) is 51.2 cm³/mol. The third-order valence-electron chi connectivity index (χ3n) is 2.80. The zero-order chi connectivity index (χ0) is 10.6. The Kier molecular flexibility index (Phi) is 3.90. The molecule has 0 aliphatic carbocycles. The molecule has 1 fully saturated rings. The van der Waals surface area contributed by atoms with Gasteiger partial charge in [0.25, 0.3) is 0 Å². The van der Waals surface area contributed by atoms with Crippen molar-refractivity contribution in [3.63, 3.8) is 0 Å². The number of hydrogen-bond acceptors (Lipinski definition) is 3. The van der Waals surface area contributed by atoms with E-state index in [1.54, 1.807) is 4.90 Å². The van der Waals surface area contributed by atoms with Gasteiger partial charge >= 0.3 is 0 Å². The molecule has 1 aliphatic heterocycles. The van der Waals surface area contributed by atoms with Crippen LogP contribution < -0.4 is 0 Å². The highest BCUT2D eigenvalue weighted by Gasteiger charge is 2.28. The van der Waals surface area contributed by atoms with E-state index in [2.05, 4.69) is 0 Å². The Morgan fingerprint density at radius 3 is 3.00 bits per heavy atom. The van der Waals surface area contributed by atoms with E-state index in [0.29, 0.717) is 19.5 Å². The van der Waals surface area contributed by atoms with Gasteiger partial charge in [-0.05, 0) is 12.8 Å². The van der Waals surface area contributed by atoms with Crippen LogP contribution in [0.1, 0.15) is 26.2 Å². The Bertz CT molecular complexity index is 247. The van der Waals surface area contributed by atoms with E-state index >= 15 is 0 Å². The average molecular weight is 196 g/mol. The lowest BCUT2D eigenvalue weighted by Crippen LogP contribution is -2.45. The standard InChI is InChI=1S/C10H16N2O2/c1-2-8-7-12(6-4-9(8)13)10(14)3-5-11/h8-9,13H,2-4,6-7H2,1H3. The lowest BCUT2D eigenvalue weighted by Gasteiger charge is -2.35. The summed E-state index contributed by atoms with van der Waals surface area (Å²) in [5.74, 6) is 0.0595. The summed E-state index contributed by atoms with van der Waals surface area (Å²) >= 11 is 0. The average Bonchev–Trinajstić information content (AvgIpc) is 2.19. The smallest absolute Gasteiger partial charge is 0.236 e. The maximum Gasteiger partial charge on any atom is 0.236 e. The lowest BCUT2D eigenvalue weighted by molar-refractivity contribution is -0.133. The highest BCUT2D eigenvalue weighted by atomic mass is 16.3. The first-order chi connectivity index (χ1) is 6.69. The van der Waals surface area contributed by atoms with Crippen LogP contribution in [0.2, 0.25) is 0 Å². The number of amides is 1. The fourth-order valence-electron chi connectivity index (χ4n) is 1.83. The topological polar surface area (TPSA) is 64.3 Å². The summed E-state index contributed by atoms with van der Waals surface area (Å²) in [6.07, 6.45) is 1.17. The molecule has 0 spiro atoms. The van der Waals surface area contributed by atoms with Crippen molar-refractivity contribution in [1.82, 2.24) is 4.90 Å². The fourth-order valence-corrected chi connectivity index (χ4v) is 1.83. The molecule has 0 radical (unpaired) electrons. The number of aliphatic hydroxyl groups excluding tert-OH is 1. The largest absolute Gasteiger partial charge is 0.393 e. The minimum Gasteiger partial charge on any atom is -0.393 e. The van der Waals surface area contributed by atoms with E-state index < -0.39 is 0 Å². The van der Waals surface area contributed by atoms with Crippen LogP contribution in [0, 0.1) is 17.2 Å². The molecule has 1 amide bonds. The van der Waals surface area contributed by atoms with Crippen LogP contribution in [0.3, 0.4) is 0 Å². The van der Waals surface area contributed by atoms with Crippen LogP contribution >= 0.6 is 0 Å². The molecule has 0 aromatic heterocycles. The van der Waals surface area contributed by atoms with E-state index in [1.165, 1.54) is 0 Å². The van der Waals surface area contributed by atoms with Gasteiger partial charge in [0.2, 0.25) is 5.91 Å². The Labute approximate surface area is 84.1 Å². The molecule has 1 heterocycles. The number of likely N-dealkylation sites (tertiary alicyclic amines) is 1. The van der Waals surface area contributed by atoms with E-state index in [1.807, 2.05) is 13.0 Å². The molecule has 0 saturated carbocycles. The Morgan fingerprint density at radius 1 is 1.71 bits per heavy atom. The SMILES string of the molecule is CCC1CN(C(=O)CC#N)CCC1O. The molecule has 0 aromatic rings. The summed E-state index contributed by atoms with van der Waals surface area (Å²) in [7, 11) is 0. The maximum atomic E-state index is 11.4. The normalized spacial score (nSPS) is 27.1. The predicted octanol–water partition coefficient (Wildman–Crippen LogP) is 0.519. The van der Waals surface area contributed by atoms with Crippen LogP contribution in [0.25, 0.3) is 0 Å². The summed E-state index contributed by atoms with van der Waals surface area (Å²) in [5.41, 5.74) is 0. The molecule has 2 atom stereocenters. The van der Waals surface area contributed by atoms with Gasteiger partial charge in [-0.25, -0.2) is 0 Å². The van der Waals surface area contributed by atoms with Crippen molar-refractivity contribution >= 4 is 5.91 Å². The van der Waals surface area contributed by atoms with Gasteiger partial charge in [0.1, 0.15) is 6.42 Å². The van der Waals surface area contributed by atoms with E-state index in [-0.39, 0.29) is 24.3 Å². The molecular formula is C10H16N2O2. The Balaban J connectivity index is 2.50. The summed E-state index contributed by atoms with van der Waals surface area (Å²) in [5, 5.41) is 18.0. The van der Waals surface area contributed by atoms with Crippen molar-refractivity contribution in [1.29, 1.82) is 5.26 Å². The summed E-state index contributed by atoms with van der Waals surface area (Å²) in [4.78, 5) is 13.1. The number of rotatable bonds is 2. The van der Waals surface area contributed by atoms with Crippen molar-refractivity contribution in [3.8, 4) is 6.07 Å². The van der Waals surface area contributed by atoms with Gasteiger partial charge in [-0.3, -0.25) is 4.79 Å². The van der Waals surface area contributed by atoms with Gasteiger partial charge in [0.05, 0.1) is 12.2 Å². The van der Waals surface area contributed by atoms with Crippen molar-refractivity contribution in [2.45, 2.75) is 32.3 Å². The monoisotopic (exact) mass is 196 g/mol. The number of aliphatic hydroxyl groups is 1. The molecule has 1 saturated heterocycles. The zero-order valence-corrected chi connectivity index (χ0v) is 8.44. The second-order valence-electron chi connectivity index (χ2n) is 3.70. The minimum absolute atomic E-state index is 0.0491. The highest BCUT2D eigenvalue weighted by molar-refractivity contribution is 5.78. The van der Waals surface area contributed by atoms with Crippen LogP contribution in [0.4, 0.5) is 0 Å². The molecule has 1 rings (SSSR count). The zero-order valence-electron chi connectivity index (χ0n) is 8.44. The molecule has 78 valence electrons. The third kappa shape index (κ3) is 2.46. The number of nitriles is 1. The molecule has 4 heteroatoms. The second kappa shape index (κ2) is 4.97. The maximum absolute atomic E-state index is 11.4. The van der Waals surface area contributed by atoms with Gasteiger partial charge in [-0.15, -0.1) is 0 Å². The quantitative estimate of drug-likeness (QED) is 0.700. The van der Waals surface area contributed by atoms with Crippen LogP contribution in [0.5, 0.6) is 0 Å². The van der Waals surface area contributed by atoms with E-state index in [0.717, 1.165) is 6.42 Å². The van der Waals surface area contributed by atoms with Crippen molar-refractivity contribution in [3.05, 3.63) is 0 Å². The molecule has 0 bridgehead atoms. The van der Waals surface area contributed by atoms with Gasteiger partial charge in [-0.1, -0.05) is 6.92 Å². The number of nitrogens with zero attached hydrogens (tertiary/aromatic N) is 2. The number of piperidine rings is 1. The van der Waals surface area contributed by atoms with Gasteiger partial charge < -0.3 is 10.0 Å². The number of hydrogen-bond donors (Lipinski definition) is 1. The number of carbonyl (C=O) groups excluding carboxylic acids is 1. The minimum atomic E-state index is -0.286. The van der Waals surface area contributed by atoms with Gasteiger partial charge in [0, 0.05) is 19.0 Å². The number of carbonyl (C=O) groups is 1. The van der Waals surface area contributed by atoms with Crippen molar-refractivity contribution in [2.24, 2.45) is 5.92 Å². The third-order valence-corrected chi connectivity index (χ3v) is 2.80. The van der Waals surface area contributed by atoms with Crippen LogP contribution in [-0.2, 0) is 4.79 Å². The summed E-state index contributed by atoms with van der Waals surface area (Å²) in [6, 6.07) is 1.86. The Hall–Kier alpha value is -1.08. The molecule has 14 heavy (non-hydrogen) atoms. The van der Waals surface area contributed by atoms with Crippen molar-refractivity contribution < 1.29 is 9.90 Å². The molecule has 4 nitrogen and oxygen atoms in total. The van der Waals surface area contributed by atoms with E-state index in [9.17, 15) is 9.90 Å². The first kappa shape index (κ1) is 11.0. The first-order valence-corrected chi connectivity index (χ1v) is 5.01. The molecule has 0 aromatic carbocycles. The van der Waals surface area contributed by atoms with Crippen LogP contribution in [0.15, 0.2) is 0 Å². The summed E-state index contributed by atoms with van der Waals surface area (Å²) < 4.78 is 0. The first-order valence-electron chi connectivity index (χ1n) is 5.01. The highest BCUT2D eigenvalue weighted by Crippen LogP contribution is 2.20. The summed E-state index contributed by atoms with van der Waals surface area (Å²) in [6.45, 7) is 3.18.